The van der Waals surface area contributed by atoms with Gasteiger partial charge in [0.2, 0.25) is 12.1 Å². The van der Waals surface area contributed by atoms with E-state index in [1.54, 1.807) is 0 Å². The van der Waals surface area contributed by atoms with Crippen LogP contribution in [0.1, 0.15) is 68.2 Å². The number of rotatable bonds is 7. The third kappa shape index (κ3) is 4.56. The molecule has 0 saturated carbocycles. The van der Waals surface area contributed by atoms with E-state index in [1.165, 1.54) is 22.6 Å². The number of nitrogens with two attached hydrogens (primary N) is 1. The number of pyridine rings is 1. The summed E-state index contributed by atoms with van der Waals surface area (Å²) in [6.45, 7) is 8.26. The number of hydrogen-bond donors (Lipinski definition) is 2. The minimum atomic E-state index is -0.450. The van der Waals surface area contributed by atoms with Crippen molar-refractivity contribution in [2.75, 3.05) is 32.9 Å². The number of ether oxygens (including phenoxy) is 2. The molecule has 2 aromatic rings. The van der Waals surface area contributed by atoms with Crippen molar-refractivity contribution < 1.29 is 14.3 Å². The highest BCUT2D eigenvalue weighted by atomic mass is 32.1. The SMILES string of the molecule is C[C@H](Oc1cc(O[C@H]2CN[C@@H]2C)cc(C2=NOC([C@@]3(C)CCCc4sc(N)c(C#N)c43)N2C)n1)[C@@H]1CCCN1C. The average molecular weight is 566 g/mol. The van der Waals surface area contributed by atoms with Gasteiger partial charge in [-0.05, 0) is 72.0 Å². The Kier molecular flexibility index (Phi) is 7.05. The molecule has 11 heteroatoms. The average Bonchev–Trinajstić information content (AvgIpc) is 3.62. The van der Waals surface area contributed by atoms with E-state index in [1.807, 2.05) is 24.1 Å². The molecule has 2 aromatic heterocycles. The van der Waals surface area contributed by atoms with Crippen LogP contribution in [0.3, 0.4) is 0 Å². The highest BCUT2D eigenvalue weighted by Crippen LogP contribution is 2.49. The molecule has 6 atom stereocenters. The Hall–Kier alpha value is -3.07. The number of likely N-dealkylation sites (tertiary alicyclic amines) is 1. The molecular weight excluding hydrogens is 526 g/mol. The standard InChI is InChI=1S/C29H39N7O3S/c1-16-22(15-32-16)38-18-12-20(33-24(13-18)37-17(2)21-8-7-11-35(21)4)27-34-39-28(36(27)5)29(3)10-6-9-23-25(29)19(14-30)26(31)40-23/h12-13,16-17,21-22,28,32H,6-11,15,31H2,1-5H3/t16-,17+,21+,22+,28?,29+/m1/s1. The van der Waals surface area contributed by atoms with Crippen LogP contribution < -0.4 is 20.5 Å². The van der Waals surface area contributed by atoms with Gasteiger partial charge in [-0.15, -0.1) is 11.3 Å². The zero-order chi connectivity index (χ0) is 28.2. The Morgan fingerprint density at radius 2 is 2.15 bits per heavy atom. The molecule has 10 nitrogen and oxygen atoms in total. The molecule has 0 radical (unpaired) electrons. The van der Waals surface area contributed by atoms with E-state index in [2.05, 4.69) is 49.3 Å². The predicted octanol–water partition coefficient (Wildman–Crippen LogP) is 3.44. The third-order valence-electron chi connectivity index (χ3n) is 9.18. The molecule has 0 bridgehead atoms. The first-order valence-corrected chi connectivity index (χ1v) is 15.1. The maximum atomic E-state index is 9.93. The van der Waals surface area contributed by atoms with Crippen molar-refractivity contribution in [3.05, 3.63) is 33.8 Å². The van der Waals surface area contributed by atoms with Crippen molar-refractivity contribution in [1.82, 2.24) is 20.1 Å². The van der Waals surface area contributed by atoms with Gasteiger partial charge in [0.15, 0.2) is 5.84 Å². The maximum Gasteiger partial charge on any atom is 0.217 e. The van der Waals surface area contributed by atoms with Crippen LogP contribution in [-0.2, 0) is 16.7 Å². The fourth-order valence-corrected chi connectivity index (χ4v) is 7.98. The van der Waals surface area contributed by atoms with E-state index in [-0.39, 0.29) is 18.2 Å². The molecule has 2 fully saturated rings. The number of thiophene rings is 1. The summed E-state index contributed by atoms with van der Waals surface area (Å²) >= 11 is 1.52. The van der Waals surface area contributed by atoms with Gasteiger partial charge in [0.1, 0.15) is 34.7 Å². The van der Waals surface area contributed by atoms with Gasteiger partial charge in [-0.3, -0.25) is 4.90 Å². The van der Waals surface area contributed by atoms with Gasteiger partial charge in [-0.1, -0.05) is 5.16 Å². The van der Waals surface area contributed by atoms with E-state index in [0.29, 0.717) is 39.8 Å². The number of oxime groups is 1. The normalized spacial score (nSPS) is 30.6. The molecule has 2 saturated heterocycles. The zero-order valence-corrected chi connectivity index (χ0v) is 24.8. The van der Waals surface area contributed by atoms with E-state index in [9.17, 15) is 5.26 Å². The van der Waals surface area contributed by atoms with E-state index in [0.717, 1.165) is 44.3 Å². The number of nitrogens with one attached hydrogen (secondary N) is 1. The van der Waals surface area contributed by atoms with Gasteiger partial charge < -0.3 is 30.3 Å². The first-order valence-electron chi connectivity index (χ1n) is 14.3. The molecule has 0 aromatic carbocycles. The van der Waals surface area contributed by atoms with Crippen LogP contribution in [0.25, 0.3) is 0 Å². The number of nitriles is 1. The number of anilines is 1. The van der Waals surface area contributed by atoms with Crippen LogP contribution in [0.2, 0.25) is 0 Å². The first-order chi connectivity index (χ1) is 19.2. The second kappa shape index (κ2) is 10.4. The lowest BCUT2D eigenvalue weighted by Crippen LogP contribution is -2.58. The lowest BCUT2D eigenvalue weighted by Gasteiger charge is -2.40. The molecule has 6 rings (SSSR count). The van der Waals surface area contributed by atoms with Crippen LogP contribution >= 0.6 is 11.3 Å². The molecule has 40 heavy (non-hydrogen) atoms. The molecular formula is C29H39N7O3S. The Morgan fingerprint density at radius 3 is 2.83 bits per heavy atom. The van der Waals surface area contributed by atoms with Gasteiger partial charge in [-0.2, -0.15) is 5.26 Å². The molecule has 4 aliphatic rings. The van der Waals surface area contributed by atoms with Crippen molar-refractivity contribution in [3.63, 3.8) is 0 Å². The second-order valence-electron chi connectivity index (χ2n) is 11.9. The minimum absolute atomic E-state index is 0.0207. The summed E-state index contributed by atoms with van der Waals surface area (Å²) in [6.07, 6.45) is 4.73. The summed E-state index contributed by atoms with van der Waals surface area (Å²) in [7, 11) is 4.12. The predicted molar refractivity (Wildman–Crippen MR) is 155 cm³/mol. The lowest BCUT2D eigenvalue weighted by atomic mass is 9.71. The number of fused-ring (bicyclic) bond motifs is 1. The van der Waals surface area contributed by atoms with Crippen LogP contribution in [0.5, 0.6) is 11.6 Å². The zero-order valence-electron chi connectivity index (χ0n) is 23.9. The number of aryl methyl sites for hydroxylation is 1. The highest BCUT2D eigenvalue weighted by molar-refractivity contribution is 7.16. The molecule has 1 aliphatic carbocycles. The second-order valence-corrected chi connectivity index (χ2v) is 13.0. The summed E-state index contributed by atoms with van der Waals surface area (Å²) in [5.41, 5.74) is 8.03. The Bertz CT molecular complexity index is 1360. The smallest absolute Gasteiger partial charge is 0.217 e. The van der Waals surface area contributed by atoms with Crippen molar-refractivity contribution >= 4 is 22.2 Å². The topological polar surface area (TPSA) is 121 Å². The number of nitrogen functional groups attached to an aromatic ring is 1. The van der Waals surface area contributed by atoms with Crippen LogP contribution in [0.4, 0.5) is 5.00 Å². The van der Waals surface area contributed by atoms with E-state index >= 15 is 0 Å². The Labute approximate surface area is 240 Å². The first kappa shape index (κ1) is 27.1. The maximum absolute atomic E-state index is 9.93. The number of hydrogen-bond acceptors (Lipinski definition) is 11. The number of likely N-dealkylation sites (N-methyl/N-ethyl adjacent to an activating group) is 2. The van der Waals surface area contributed by atoms with Crippen LogP contribution in [-0.4, -0.2) is 78.3 Å². The fourth-order valence-electron chi connectivity index (χ4n) is 6.78. The molecule has 214 valence electrons. The summed E-state index contributed by atoms with van der Waals surface area (Å²) in [4.78, 5) is 16.6. The summed E-state index contributed by atoms with van der Waals surface area (Å²) in [5.74, 6) is 1.83. The van der Waals surface area contributed by atoms with Gasteiger partial charge >= 0.3 is 0 Å². The molecule has 1 unspecified atom stereocenters. The van der Waals surface area contributed by atoms with Crippen LogP contribution in [0.15, 0.2) is 17.3 Å². The van der Waals surface area contributed by atoms with E-state index in [4.69, 9.17) is 25.0 Å². The fraction of sp³-hybridized carbons (Fsp3) is 0.621. The van der Waals surface area contributed by atoms with E-state index < -0.39 is 11.6 Å². The largest absolute Gasteiger partial charge is 0.487 e. The molecule has 0 amide bonds. The Balaban J connectivity index is 1.30. The summed E-state index contributed by atoms with van der Waals surface area (Å²) in [5, 5.41) is 18.4. The molecule has 3 aliphatic heterocycles. The van der Waals surface area contributed by atoms with Crippen molar-refractivity contribution in [1.29, 1.82) is 5.26 Å². The third-order valence-corrected chi connectivity index (χ3v) is 10.3. The van der Waals surface area contributed by atoms with Crippen molar-refractivity contribution in [2.24, 2.45) is 5.16 Å². The monoisotopic (exact) mass is 565 g/mol. The van der Waals surface area contributed by atoms with Gasteiger partial charge in [-0.25, -0.2) is 4.98 Å². The highest BCUT2D eigenvalue weighted by Gasteiger charge is 2.49. The number of amidine groups is 1. The molecule has 0 spiro atoms. The van der Waals surface area contributed by atoms with Crippen molar-refractivity contribution in [2.45, 2.75) is 88.8 Å². The lowest BCUT2D eigenvalue weighted by molar-refractivity contribution is -0.0406. The van der Waals surface area contributed by atoms with Gasteiger partial charge in [0.25, 0.3) is 0 Å². The quantitative estimate of drug-likeness (QED) is 0.520. The van der Waals surface area contributed by atoms with Gasteiger partial charge in [0.05, 0.1) is 11.0 Å². The molecule has 5 heterocycles. The summed E-state index contributed by atoms with van der Waals surface area (Å²) in [6, 6.07) is 6.78. The minimum Gasteiger partial charge on any atom is -0.487 e. The van der Waals surface area contributed by atoms with Crippen molar-refractivity contribution in [3.8, 4) is 17.7 Å². The molecule has 3 N–H and O–H groups in total. The Morgan fingerprint density at radius 1 is 1.32 bits per heavy atom. The van der Waals surface area contributed by atoms with Gasteiger partial charge in [0, 0.05) is 42.7 Å². The summed E-state index contributed by atoms with van der Waals surface area (Å²) < 4.78 is 12.8. The number of nitrogens with zero attached hydrogens (tertiary/aromatic N) is 5. The van der Waals surface area contributed by atoms with Crippen LogP contribution in [0, 0.1) is 11.3 Å². The number of aromatic nitrogens is 1.